The maximum absolute atomic E-state index is 12.2. The van der Waals surface area contributed by atoms with E-state index < -0.39 is 22.7 Å². The van der Waals surface area contributed by atoms with Gasteiger partial charge in [-0.3, -0.25) is 4.18 Å². The summed E-state index contributed by atoms with van der Waals surface area (Å²) in [5.74, 6) is 0.429. The quantitative estimate of drug-likeness (QED) is 0.753. The predicted octanol–water partition coefficient (Wildman–Crippen LogP) is 1.92. The van der Waals surface area contributed by atoms with Crippen LogP contribution in [0.5, 0.6) is 0 Å². The molecule has 130 valence electrons. The summed E-state index contributed by atoms with van der Waals surface area (Å²) in [6.45, 7) is 1.06. The number of hydrogen-bond acceptors (Lipinski definition) is 6. The molecule has 1 aromatic heterocycles. The Kier molecular flexibility index (Phi) is 5.45. The van der Waals surface area contributed by atoms with E-state index in [1.165, 1.54) is 12.4 Å². The summed E-state index contributed by atoms with van der Waals surface area (Å²) in [5.41, 5.74) is 0.432. The van der Waals surface area contributed by atoms with Crippen molar-refractivity contribution in [1.82, 2.24) is 9.97 Å². The van der Waals surface area contributed by atoms with E-state index in [1.54, 1.807) is 0 Å². The Morgan fingerprint density at radius 3 is 2.30 bits per heavy atom. The molecule has 2 rings (SSSR count). The van der Waals surface area contributed by atoms with Crippen LogP contribution >= 0.6 is 0 Å². The molecular formula is C13H18F3N3O3S. The molecular weight excluding hydrogens is 335 g/mol. The zero-order valence-corrected chi connectivity index (χ0v) is 13.4. The molecule has 0 bridgehead atoms. The van der Waals surface area contributed by atoms with E-state index in [4.69, 9.17) is 4.18 Å². The molecule has 1 fully saturated rings. The van der Waals surface area contributed by atoms with Crippen LogP contribution in [0, 0.1) is 0 Å². The number of aryl methyl sites for hydroxylation is 1. The number of halogens is 3. The van der Waals surface area contributed by atoms with Crippen LogP contribution < -0.4 is 4.90 Å². The number of hydrogen-bond donors (Lipinski definition) is 0. The van der Waals surface area contributed by atoms with Crippen LogP contribution in [0.25, 0.3) is 0 Å². The third-order valence-corrected chi connectivity index (χ3v) is 4.05. The minimum absolute atomic E-state index is 0.145. The molecule has 1 saturated heterocycles. The van der Waals surface area contributed by atoms with Gasteiger partial charge in [-0.25, -0.2) is 9.97 Å². The highest BCUT2D eigenvalue weighted by Gasteiger charge is 2.27. The van der Waals surface area contributed by atoms with Gasteiger partial charge in [-0.05, 0) is 24.8 Å². The van der Waals surface area contributed by atoms with Crippen molar-refractivity contribution in [3.05, 3.63) is 18.0 Å². The fourth-order valence-corrected chi connectivity index (χ4v) is 3.01. The Bertz CT molecular complexity index is 612. The van der Waals surface area contributed by atoms with Crippen molar-refractivity contribution in [2.75, 3.05) is 24.2 Å². The first-order valence-electron chi connectivity index (χ1n) is 7.13. The van der Waals surface area contributed by atoms with Gasteiger partial charge < -0.3 is 4.90 Å². The summed E-state index contributed by atoms with van der Waals surface area (Å²) in [6, 6.07) is 0. The van der Waals surface area contributed by atoms with Gasteiger partial charge in [-0.2, -0.15) is 21.6 Å². The predicted molar refractivity (Wildman–Crippen MR) is 77.6 cm³/mol. The molecule has 1 aromatic rings. The van der Waals surface area contributed by atoms with E-state index >= 15 is 0 Å². The third-order valence-electron chi connectivity index (χ3n) is 3.42. The average Bonchev–Trinajstić information content (AvgIpc) is 2.44. The fraction of sp³-hybridized carbons (Fsp3) is 0.692. The zero-order chi connectivity index (χ0) is 17.1. The molecule has 1 aliphatic heterocycles. The third kappa shape index (κ3) is 6.30. The number of aromatic nitrogens is 2. The molecule has 0 atom stereocenters. The van der Waals surface area contributed by atoms with Crippen LogP contribution in [-0.4, -0.2) is 50.0 Å². The lowest BCUT2D eigenvalue weighted by Gasteiger charge is -2.31. The highest BCUT2D eigenvalue weighted by Crippen LogP contribution is 2.23. The standard InChI is InChI=1S/C13H18F3N3O3S/c1-23(20,21)22-11-3-6-19(7-4-11)12-17-8-10(9-18-12)2-5-13(14,15)16/h8-9,11H,2-7H2,1H3. The first-order valence-corrected chi connectivity index (χ1v) is 8.95. The van der Waals surface area contributed by atoms with Crippen LogP contribution in [0.1, 0.15) is 24.8 Å². The molecule has 0 aromatic carbocycles. The second-order valence-corrected chi connectivity index (χ2v) is 7.09. The van der Waals surface area contributed by atoms with Gasteiger partial charge in [0, 0.05) is 31.9 Å². The van der Waals surface area contributed by atoms with Crippen molar-refractivity contribution < 1.29 is 25.8 Å². The van der Waals surface area contributed by atoms with Gasteiger partial charge in [0.1, 0.15) is 0 Å². The summed E-state index contributed by atoms with van der Waals surface area (Å²) in [5, 5.41) is 0. The van der Waals surface area contributed by atoms with Crippen molar-refractivity contribution in [3.8, 4) is 0 Å². The smallest absolute Gasteiger partial charge is 0.341 e. The molecule has 10 heteroatoms. The Hall–Kier alpha value is -1.42. The minimum Gasteiger partial charge on any atom is -0.341 e. The number of nitrogens with zero attached hydrogens (tertiary/aromatic N) is 3. The van der Waals surface area contributed by atoms with Gasteiger partial charge in [-0.1, -0.05) is 0 Å². The lowest BCUT2D eigenvalue weighted by atomic mass is 10.1. The summed E-state index contributed by atoms with van der Waals surface area (Å²) in [6.07, 6.45) is -0.744. The van der Waals surface area contributed by atoms with Crippen molar-refractivity contribution in [1.29, 1.82) is 0 Å². The molecule has 0 N–H and O–H groups in total. The number of alkyl halides is 3. The number of piperidine rings is 1. The molecule has 2 heterocycles. The monoisotopic (exact) mass is 353 g/mol. The van der Waals surface area contributed by atoms with Gasteiger partial charge in [0.25, 0.3) is 10.1 Å². The maximum atomic E-state index is 12.2. The van der Waals surface area contributed by atoms with Gasteiger partial charge in [0.2, 0.25) is 5.95 Å². The van der Waals surface area contributed by atoms with Crippen LogP contribution in [0.4, 0.5) is 19.1 Å². The first-order chi connectivity index (χ1) is 10.6. The van der Waals surface area contributed by atoms with E-state index in [0.29, 0.717) is 37.4 Å². The van der Waals surface area contributed by atoms with Crippen molar-refractivity contribution in [3.63, 3.8) is 0 Å². The second-order valence-electron chi connectivity index (χ2n) is 5.49. The maximum Gasteiger partial charge on any atom is 0.389 e. The largest absolute Gasteiger partial charge is 0.389 e. The van der Waals surface area contributed by atoms with Gasteiger partial charge in [-0.15, -0.1) is 0 Å². The average molecular weight is 353 g/mol. The van der Waals surface area contributed by atoms with Gasteiger partial charge in [0.15, 0.2) is 0 Å². The van der Waals surface area contributed by atoms with E-state index in [2.05, 4.69) is 9.97 Å². The van der Waals surface area contributed by atoms with E-state index in [1.807, 2.05) is 4.90 Å². The molecule has 23 heavy (non-hydrogen) atoms. The molecule has 6 nitrogen and oxygen atoms in total. The summed E-state index contributed by atoms with van der Waals surface area (Å²) in [4.78, 5) is 10.0. The first kappa shape index (κ1) is 17.9. The molecule has 0 aliphatic carbocycles. The normalized spacial score (nSPS) is 17.5. The van der Waals surface area contributed by atoms with E-state index in [0.717, 1.165) is 6.26 Å². The molecule has 0 radical (unpaired) electrons. The molecule has 0 spiro atoms. The lowest BCUT2D eigenvalue weighted by Crippen LogP contribution is -2.38. The Morgan fingerprint density at radius 1 is 1.26 bits per heavy atom. The summed E-state index contributed by atoms with van der Waals surface area (Å²) >= 11 is 0. The molecule has 1 aliphatic rings. The summed E-state index contributed by atoms with van der Waals surface area (Å²) in [7, 11) is -3.47. The Labute approximate surface area is 132 Å². The highest BCUT2D eigenvalue weighted by atomic mass is 32.2. The van der Waals surface area contributed by atoms with Crippen LogP contribution in [0.15, 0.2) is 12.4 Å². The second kappa shape index (κ2) is 7.00. The minimum atomic E-state index is -4.19. The highest BCUT2D eigenvalue weighted by molar-refractivity contribution is 7.86. The van der Waals surface area contributed by atoms with E-state index in [9.17, 15) is 21.6 Å². The zero-order valence-electron chi connectivity index (χ0n) is 12.6. The number of anilines is 1. The van der Waals surface area contributed by atoms with Crippen molar-refractivity contribution >= 4 is 16.1 Å². The summed E-state index contributed by atoms with van der Waals surface area (Å²) < 4.78 is 63.6. The van der Waals surface area contributed by atoms with Crippen molar-refractivity contribution in [2.24, 2.45) is 0 Å². The lowest BCUT2D eigenvalue weighted by molar-refractivity contribution is -0.134. The molecule has 0 saturated carbocycles. The topological polar surface area (TPSA) is 72.4 Å². The van der Waals surface area contributed by atoms with Gasteiger partial charge in [0.05, 0.1) is 12.4 Å². The van der Waals surface area contributed by atoms with Gasteiger partial charge >= 0.3 is 6.18 Å². The van der Waals surface area contributed by atoms with Crippen molar-refractivity contribution in [2.45, 2.75) is 38.0 Å². The Balaban J connectivity index is 1.87. The Morgan fingerprint density at radius 2 is 1.83 bits per heavy atom. The number of rotatable bonds is 5. The van der Waals surface area contributed by atoms with Crippen LogP contribution in [0.3, 0.4) is 0 Å². The molecule has 0 amide bonds. The van der Waals surface area contributed by atoms with E-state index in [-0.39, 0.29) is 12.5 Å². The van der Waals surface area contributed by atoms with Crippen LogP contribution in [0.2, 0.25) is 0 Å². The van der Waals surface area contributed by atoms with Crippen LogP contribution in [-0.2, 0) is 20.7 Å². The fourth-order valence-electron chi connectivity index (χ4n) is 2.33. The molecule has 0 unspecified atom stereocenters. The SMILES string of the molecule is CS(=O)(=O)OC1CCN(c2ncc(CCC(F)(F)F)cn2)CC1.